The lowest BCUT2D eigenvalue weighted by atomic mass is 10.0. The maximum absolute atomic E-state index is 14.6. The molecule has 9 heteroatoms. The summed E-state index contributed by atoms with van der Waals surface area (Å²) in [6.07, 6.45) is -0.190. The fourth-order valence-corrected chi connectivity index (χ4v) is 4.14. The van der Waals surface area contributed by atoms with Crippen LogP contribution in [0.3, 0.4) is 0 Å². The van der Waals surface area contributed by atoms with Crippen molar-refractivity contribution in [2.45, 2.75) is 12.6 Å². The van der Waals surface area contributed by atoms with Gasteiger partial charge in [-0.3, -0.25) is 14.7 Å². The third kappa shape index (κ3) is 6.36. The van der Waals surface area contributed by atoms with E-state index in [-0.39, 0.29) is 16.7 Å². The lowest BCUT2D eigenvalue weighted by Gasteiger charge is -2.36. The Bertz CT molecular complexity index is 1150. The summed E-state index contributed by atoms with van der Waals surface area (Å²) in [5.41, 5.74) is 0.724. The number of aromatic nitrogens is 1. The van der Waals surface area contributed by atoms with Crippen molar-refractivity contribution in [1.82, 2.24) is 15.2 Å². The van der Waals surface area contributed by atoms with Gasteiger partial charge >= 0.3 is 6.18 Å². The third-order valence-corrected chi connectivity index (χ3v) is 6.07. The number of hydrogen-bond acceptors (Lipinski definition) is 4. The second-order valence-electron chi connectivity index (χ2n) is 8.42. The molecule has 1 aliphatic rings. The average Bonchev–Trinajstić information content (AvgIpc) is 2.87. The Kier molecular flexibility index (Phi) is 7.65. The zero-order valence-corrected chi connectivity index (χ0v) is 19.1. The molecule has 2 aromatic carbocycles. The quantitative estimate of drug-likeness (QED) is 0.383. The van der Waals surface area contributed by atoms with Gasteiger partial charge in [0.2, 0.25) is 0 Å². The second kappa shape index (κ2) is 10.9. The van der Waals surface area contributed by atoms with Gasteiger partial charge in [-0.1, -0.05) is 18.2 Å². The molecule has 2 heterocycles. The zero-order chi connectivity index (χ0) is 24.8. The van der Waals surface area contributed by atoms with Crippen LogP contribution in [0.2, 0.25) is 0 Å². The van der Waals surface area contributed by atoms with Gasteiger partial charge in [-0.25, -0.2) is 4.39 Å². The molecule has 0 unspecified atom stereocenters. The highest BCUT2D eigenvalue weighted by molar-refractivity contribution is 5.95. The molecule has 0 saturated carbocycles. The Morgan fingerprint density at radius 2 is 1.66 bits per heavy atom. The molecule has 184 valence electrons. The molecule has 0 spiro atoms. The van der Waals surface area contributed by atoms with Gasteiger partial charge in [0.15, 0.2) is 0 Å². The smallest absolute Gasteiger partial charge is 0.369 e. The standard InChI is InChI=1S/C26H26F4N4O/c27-24-18-20(19-3-1-4-21(17-19)26(28,29)30)5-6-23(24)25(35)32-9-2-12-33-13-15-34(16-14-33)22-7-10-31-11-8-22/h1,3-8,10-11,17-18H,2,9,12-16H2,(H,32,35). The molecule has 1 saturated heterocycles. The lowest BCUT2D eigenvalue weighted by Crippen LogP contribution is -2.47. The number of carbonyl (C=O) groups excluding carboxylic acids is 1. The number of alkyl halides is 3. The summed E-state index contributed by atoms with van der Waals surface area (Å²) in [6, 6.07) is 12.5. The van der Waals surface area contributed by atoms with Crippen molar-refractivity contribution < 1.29 is 22.4 Å². The van der Waals surface area contributed by atoms with E-state index in [0.29, 0.717) is 6.54 Å². The minimum absolute atomic E-state index is 0.133. The van der Waals surface area contributed by atoms with Crippen LogP contribution >= 0.6 is 0 Å². The molecule has 3 aromatic rings. The van der Waals surface area contributed by atoms with Gasteiger partial charge in [0.1, 0.15) is 5.82 Å². The van der Waals surface area contributed by atoms with Crippen molar-refractivity contribution in [3.63, 3.8) is 0 Å². The molecule has 1 aliphatic heterocycles. The SMILES string of the molecule is O=C(NCCCN1CCN(c2ccncc2)CC1)c1ccc(-c2cccc(C(F)(F)F)c2)cc1F. The van der Waals surface area contributed by atoms with Crippen LogP contribution in [-0.2, 0) is 6.18 Å². The summed E-state index contributed by atoms with van der Waals surface area (Å²) >= 11 is 0. The van der Waals surface area contributed by atoms with E-state index >= 15 is 0 Å². The molecular weight excluding hydrogens is 460 g/mol. The van der Waals surface area contributed by atoms with Gasteiger partial charge in [-0.05, 0) is 60.5 Å². The predicted molar refractivity (Wildman–Crippen MR) is 127 cm³/mol. The number of nitrogens with one attached hydrogen (secondary N) is 1. The molecule has 35 heavy (non-hydrogen) atoms. The number of anilines is 1. The molecular formula is C26H26F4N4O. The first-order valence-electron chi connectivity index (χ1n) is 11.4. The van der Waals surface area contributed by atoms with Crippen molar-refractivity contribution in [1.29, 1.82) is 0 Å². The van der Waals surface area contributed by atoms with E-state index < -0.39 is 23.5 Å². The molecule has 1 amide bonds. The van der Waals surface area contributed by atoms with E-state index in [2.05, 4.69) is 20.1 Å². The van der Waals surface area contributed by atoms with Crippen molar-refractivity contribution in [3.8, 4) is 11.1 Å². The number of amides is 1. The molecule has 0 atom stereocenters. The topological polar surface area (TPSA) is 48.5 Å². The second-order valence-corrected chi connectivity index (χ2v) is 8.42. The Balaban J connectivity index is 1.25. The minimum atomic E-state index is -4.48. The van der Waals surface area contributed by atoms with Gasteiger partial charge in [-0.2, -0.15) is 13.2 Å². The highest BCUT2D eigenvalue weighted by Crippen LogP contribution is 2.32. The first-order valence-corrected chi connectivity index (χ1v) is 11.4. The van der Waals surface area contributed by atoms with Crippen LogP contribution in [-0.4, -0.2) is 55.1 Å². The van der Waals surface area contributed by atoms with E-state index in [1.807, 2.05) is 12.1 Å². The maximum Gasteiger partial charge on any atom is 0.416 e. The average molecular weight is 487 g/mol. The third-order valence-electron chi connectivity index (χ3n) is 6.07. The number of benzene rings is 2. The van der Waals surface area contributed by atoms with E-state index in [9.17, 15) is 22.4 Å². The molecule has 5 nitrogen and oxygen atoms in total. The number of pyridine rings is 1. The molecule has 1 N–H and O–H groups in total. The van der Waals surface area contributed by atoms with Gasteiger partial charge in [0.25, 0.3) is 5.91 Å². The summed E-state index contributed by atoms with van der Waals surface area (Å²) in [7, 11) is 0. The van der Waals surface area contributed by atoms with Crippen molar-refractivity contribution >= 4 is 11.6 Å². The van der Waals surface area contributed by atoms with Crippen LogP contribution in [0.1, 0.15) is 22.3 Å². The highest BCUT2D eigenvalue weighted by atomic mass is 19.4. The number of nitrogens with zero attached hydrogens (tertiary/aromatic N) is 3. The summed E-state index contributed by atoms with van der Waals surface area (Å²) in [5.74, 6) is -1.31. The van der Waals surface area contributed by atoms with Gasteiger partial charge in [-0.15, -0.1) is 0 Å². The minimum Gasteiger partial charge on any atom is -0.369 e. The van der Waals surface area contributed by atoms with Crippen molar-refractivity contribution in [3.05, 3.63) is 83.9 Å². The maximum atomic E-state index is 14.6. The van der Waals surface area contributed by atoms with E-state index in [4.69, 9.17) is 0 Å². The summed E-state index contributed by atoms with van der Waals surface area (Å²) < 4.78 is 53.5. The van der Waals surface area contributed by atoms with Crippen molar-refractivity contribution in [2.75, 3.05) is 44.2 Å². The number of halogens is 4. The Morgan fingerprint density at radius 1 is 0.943 bits per heavy atom. The predicted octanol–water partition coefficient (Wildman–Crippen LogP) is 4.85. The number of piperazine rings is 1. The molecule has 0 radical (unpaired) electrons. The summed E-state index contributed by atoms with van der Waals surface area (Å²) in [4.78, 5) is 21.1. The van der Waals surface area contributed by atoms with Crippen LogP contribution in [0.25, 0.3) is 11.1 Å². The number of carbonyl (C=O) groups is 1. The first kappa shape index (κ1) is 24.7. The number of hydrogen-bond donors (Lipinski definition) is 1. The Morgan fingerprint density at radius 3 is 2.34 bits per heavy atom. The Hall–Kier alpha value is -3.46. The molecule has 0 aliphatic carbocycles. The van der Waals surface area contributed by atoms with E-state index in [1.54, 1.807) is 12.4 Å². The number of rotatable bonds is 7. The zero-order valence-electron chi connectivity index (χ0n) is 19.1. The van der Waals surface area contributed by atoms with Crippen LogP contribution in [0.4, 0.5) is 23.2 Å². The molecule has 1 fully saturated rings. The van der Waals surface area contributed by atoms with Gasteiger partial charge in [0, 0.05) is 50.8 Å². The van der Waals surface area contributed by atoms with Crippen LogP contribution in [0.15, 0.2) is 67.0 Å². The molecule has 1 aromatic heterocycles. The van der Waals surface area contributed by atoms with Crippen molar-refractivity contribution in [2.24, 2.45) is 0 Å². The highest BCUT2D eigenvalue weighted by Gasteiger charge is 2.30. The van der Waals surface area contributed by atoms with Gasteiger partial charge < -0.3 is 10.2 Å². The Labute approximate surface area is 201 Å². The lowest BCUT2D eigenvalue weighted by molar-refractivity contribution is -0.137. The normalized spacial score (nSPS) is 14.7. The monoisotopic (exact) mass is 486 g/mol. The fourth-order valence-electron chi connectivity index (χ4n) is 4.14. The molecule has 0 bridgehead atoms. The van der Waals surface area contributed by atoms with E-state index in [1.165, 1.54) is 24.3 Å². The fraction of sp³-hybridized carbons (Fsp3) is 0.308. The summed E-state index contributed by atoms with van der Waals surface area (Å²) in [6.45, 7) is 4.89. The largest absolute Gasteiger partial charge is 0.416 e. The first-order chi connectivity index (χ1) is 16.8. The summed E-state index contributed by atoms with van der Waals surface area (Å²) in [5, 5.41) is 2.73. The van der Waals surface area contributed by atoms with Gasteiger partial charge in [0.05, 0.1) is 11.1 Å². The van der Waals surface area contributed by atoms with Crippen LogP contribution in [0.5, 0.6) is 0 Å². The van der Waals surface area contributed by atoms with Crippen LogP contribution in [0, 0.1) is 5.82 Å². The van der Waals surface area contributed by atoms with Crippen LogP contribution < -0.4 is 10.2 Å². The van der Waals surface area contributed by atoms with E-state index in [0.717, 1.165) is 63.0 Å². The molecule has 4 rings (SSSR count).